The number of carboxylic acids is 1. The SMILES string of the molecule is CC(C)(C)OC(=O)N(C(=O)OC(C)(C)C)[C@H](CCNc1nonc1-c1noc(=O)n1-c1ccc(F)c(Br)c1)C(=O)O. The van der Waals surface area contributed by atoms with Crippen LogP contribution in [-0.2, 0) is 14.3 Å². The lowest BCUT2D eigenvalue weighted by Crippen LogP contribution is -2.52. The average molecular weight is 643 g/mol. The van der Waals surface area contributed by atoms with E-state index in [0.717, 1.165) is 10.6 Å². The minimum Gasteiger partial charge on any atom is -0.480 e. The molecule has 1 atom stereocenters. The molecule has 0 aliphatic heterocycles. The topological polar surface area (TPSA) is 192 Å². The number of halogens is 2. The van der Waals surface area contributed by atoms with Crippen LogP contribution in [0, 0.1) is 5.82 Å². The zero-order chi connectivity index (χ0) is 30.7. The number of hydrogen-bond acceptors (Lipinski definition) is 12. The predicted molar refractivity (Wildman–Crippen MR) is 142 cm³/mol. The van der Waals surface area contributed by atoms with Gasteiger partial charge in [-0.3, -0.25) is 4.52 Å². The van der Waals surface area contributed by atoms with Crippen molar-refractivity contribution >= 4 is 39.9 Å². The second kappa shape index (κ2) is 12.1. The van der Waals surface area contributed by atoms with E-state index in [-0.39, 0.29) is 40.5 Å². The standard InChI is InChI=1S/C24H28BrFN6O9/c1-23(2,3)38-20(35)32(21(36)39-24(4,5)6)15(19(33)34)9-10-27-17-16(28-41-29-17)18-30-40-22(37)31(18)12-7-8-14(26)13(25)11-12/h7-8,11,15H,9-10H2,1-6H3,(H,27,29)(H,33,34)/t15-/m1/s1. The van der Waals surface area contributed by atoms with Crippen LogP contribution in [0.5, 0.6) is 0 Å². The number of hydrogen-bond donors (Lipinski definition) is 2. The van der Waals surface area contributed by atoms with Gasteiger partial charge < -0.3 is 19.9 Å². The molecule has 0 saturated heterocycles. The zero-order valence-electron chi connectivity index (χ0n) is 22.9. The molecule has 3 aromatic rings. The monoisotopic (exact) mass is 642 g/mol. The molecule has 0 fully saturated rings. The summed E-state index contributed by atoms with van der Waals surface area (Å²) in [5, 5.41) is 23.9. The van der Waals surface area contributed by atoms with Gasteiger partial charge in [0.25, 0.3) is 0 Å². The lowest BCUT2D eigenvalue weighted by molar-refractivity contribution is -0.143. The van der Waals surface area contributed by atoms with E-state index in [1.54, 1.807) is 41.5 Å². The molecule has 17 heteroatoms. The Hall–Kier alpha value is -4.28. The number of amides is 2. The van der Waals surface area contributed by atoms with Crippen LogP contribution < -0.4 is 11.1 Å². The van der Waals surface area contributed by atoms with Crippen LogP contribution in [0.1, 0.15) is 48.0 Å². The Bertz CT molecular complexity index is 1460. The number of benzene rings is 1. The first kappa shape index (κ1) is 31.3. The Balaban J connectivity index is 1.86. The molecule has 0 spiro atoms. The van der Waals surface area contributed by atoms with Crippen molar-refractivity contribution in [2.24, 2.45) is 0 Å². The van der Waals surface area contributed by atoms with E-state index >= 15 is 0 Å². The Labute approximate surface area is 240 Å². The molecule has 0 unspecified atom stereocenters. The van der Waals surface area contributed by atoms with Crippen molar-refractivity contribution in [2.75, 3.05) is 11.9 Å². The first-order valence-electron chi connectivity index (χ1n) is 12.1. The van der Waals surface area contributed by atoms with Crippen LogP contribution in [-0.4, -0.2) is 72.0 Å². The second-order valence-corrected chi connectivity index (χ2v) is 11.4. The highest BCUT2D eigenvalue weighted by Crippen LogP contribution is 2.26. The Morgan fingerprint density at radius 1 is 1.10 bits per heavy atom. The molecule has 2 heterocycles. The maximum atomic E-state index is 13.7. The first-order valence-corrected chi connectivity index (χ1v) is 12.9. The summed E-state index contributed by atoms with van der Waals surface area (Å²) in [5.41, 5.74) is -1.98. The molecule has 41 heavy (non-hydrogen) atoms. The molecule has 0 aliphatic carbocycles. The van der Waals surface area contributed by atoms with Gasteiger partial charge in [-0.15, -0.1) is 0 Å². The van der Waals surface area contributed by atoms with Gasteiger partial charge in [0.15, 0.2) is 5.69 Å². The van der Waals surface area contributed by atoms with Gasteiger partial charge in [0.2, 0.25) is 11.6 Å². The lowest BCUT2D eigenvalue weighted by atomic mass is 10.1. The van der Waals surface area contributed by atoms with Crippen molar-refractivity contribution < 1.29 is 42.5 Å². The summed E-state index contributed by atoms with van der Waals surface area (Å²) in [7, 11) is 0. The van der Waals surface area contributed by atoms with Gasteiger partial charge in [0, 0.05) is 6.54 Å². The van der Waals surface area contributed by atoms with E-state index in [9.17, 15) is 28.7 Å². The molecule has 1 aromatic carbocycles. The van der Waals surface area contributed by atoms with Crippen molar-refractivity contribution in [1.29, 1.82) is 0 Å². The number of nitrogens with zero attached hydrogens (tertiary/aromatic N) is 5. The summed E-state index contributed by atoms with van der Waals surface area (Å²) < 4.78 is 34.8. The fourth-order valence-corrected chi connectivity index (χ4v) is 3.71. The zero-order valence-corrected chi connectivity index (χ0v) is 24.5. The van der Waals surface area contributed by atoms with Gasteiger partial charge in [-0.25, -0.2) is 32.8 Å². The van der Waals surface area contributed by atoms with Crippen molar-refractivity contribution in [3.63, 3.8) is 0 Å². The van der Waals surface area contributed by atoms with Crippen LogP contribution in [0.2, 0.25) is 0 Å². The molecule has 0 saturated carbocycles. The number of aromatic nitrogens is 4. The molecule has 222 valence electrons. The summed E-state index contributed by atoms with van der Waals surface area (Å²) in [5.74, 6) is -3.21. The highest BCUT2D eigenvalue weighted by molar-refractivity contribution is 9.10. The number of carboxylic acid groups (broad SMARTS) is 1. The van der Waals surface area contributed by atoms with Crippen molar-refractivity contribution in [1.82, 2.24) is 24.9 Å². The summed E-state index contributed by atoms with van der Waals surface area (Å²) >= 11 is 3.05. The highest BCUT2D eigenvalue weighted by Gasteiger charge is 2.40. The molecule has 0 radical (unpaired) electrons. The van der Waals surface area contributed by atoms with Crippen molar-refractivity contribution in [3.8, 4) is 17.2 Å². The molecule has 2 aromatic heterocycles. The van der Waals surface area contributed by atoms with Crippen LogP contribution in [0.15, 0.2) is 36.6 Å². The third-order valence-electron chi connectivity index (χ3n) is 4.95. The number of carbonyl (C=O) groups is 3. The number of aliphatic carboxylic acids is 1. The number of rotatable bonds is 8. The quantitative estimate of drug-likeness (QED) is 0.355. The number of nitrogens with one attached hydrogen (secondary N) is 1. The molecular weight excluding hydrogens is 615 g/mol. The van der Waals surface area contributed by atoms with E-state index in [0.29, 0.717) is 4.90 Å². The third-order valence-corrected chi connectivity index (χ3v) is 5.56. The number of anilines is 1. The smallest absolute Gasteiger partial charge is 0.446 e. The molecule has 0 aliphatic rings. The van der Waals surface area contributed by atoms with Gasteiger partial charge in [-0.05, 0) is 92.4 Å². The summed E-state index contributed by atoms with van der Waals surface area (Å²) in [6.07, 6.45) is -2.75. The molecule has 0 bridgehead atoms. The predicted octanol–water partition coefficient (Wildman–Crippen LogP) is 4.20. The highest BCUT2D eigenvalue weighted by atomic mass is 79.9. The molecule has 3 rings (SSSR count). The van der Waals surface area contributed by atoms with Gasteiger partial charge in [-0.1, -0.05) is 5.16 Å². The van der Waals surface area contributed by atoms with Crippen LogP contribution in [0.4, 0.5) is 19.8 Å². The molecule has 2 amide bonds. The minimum atomic E-state index is -1.71. The number of ether oxygens (including phenoxy) is 2. The fraction of sp³-hybridized carbons (Fsp3) is 0.458. The van der Waals surface area contributed by atoms with Crippen LogP contribution in [0.25, 0.3) is 17.2 Å². The first-order chi connectivity index (χ1) is 19.0. The third kappa shape index (κ3) is 7.90. The maximum absolute atomic E-state index is 13.7. The maximum Gasteiger partial charge on any atom is 0.446 e. The van der Waals surface area contributed by atoms with Crippen molar-refractivity contribution in [2.45, 2.75) is 65.2 Å². The van der Waals surface area contributed by atoms with E-state index < -0.39 is 47.0 Å². The lowest BCUT2D eigenvalue weighted by Gasteiger charge is -2.31. The largest absolute Gasteiger partial charge is 0.480 e. The van der Waals surface area contributed by atoms with Crippen molar-refractivity contribution in [3.05, 3.63) is 39.0 Å². The fourth-order valence-electron chi connectivity index (χ4n) is 3.34. The average Bonchev–Trinajstić information content (AvgIpc) is 3.43. The Morgan fingerprint density at radius 3 is 2.24 bits per heavy atom. The van der Waals surface area contributed by atoms with E-state index in [1.165, 1.54) is 12.1 Å². The number of carbonyl (C=O) groups excluding carboxylic acids is 2. The van der Waals surface area contributed by atoms with Gasteiger partial charge in [0.1, 0.15) is 23.1 Å². The van der Waals surface area contributed by atoms with Crippen LogP contribution >= 0.6 is 15.9 Å². The van der Waals surface area contributed by atoms with Gasteiger partial charge in [0.05, 0.1) is 10.2 Å². The van der Waals surface area contributed by atoms with Gasteiger partial charge in [-0.2, -0.15) is 4.90 Å². The van der Waals surface area contributed by atoms with E-state index in [2.05, 4.69) is 36.7 Å². The Kier molecular flexibility index (Phi) is 9.20. The second-order valence-electron chi connectivity index (χ2n) is 10.6. The summed E-state index contributed by atoms with van der Waals surface area (Å²) in [6.45, 7) is 9.16. The van der Waals surface area contributed by atoms with E-state index in [1.807, 2.05) is 0 Å². The summed E-state index contributed by atoms with van der Waals surface area (Å²) in [6, 6.07) is 2.03. The van der Waals surface area contributed by atoms with Crippen LogP contribution in [0.3, 0.4) is 0 Å². The number of imide groups is 1. The molecular formula is C24H28BrFN6O9. The normalized spacial score (nSPS) is 12.5. The molecule has 15 nitrogen and oxygen atoms in total. The minimum absolute atomic E-state index is 0.0709. The summed E-state index contributed by atoms with van der Waals surface area (Å²) in [4.78, 5) is 50.8. The van der Waals surface area contributed by atoms with E-state index in [4.69, 9.17) is 18.6 Å². The molecule has 2 N–H and O–H groups in total. The van der Waals surface area contributed by atoms with Gasteiger partial charge >= 0.3 is 23.9 Å². The Morgan fingerprint density at radius 2 is 1.71 bits per heavy atom.